The average molecular weight is 531 g/mol. The molecule has 2 atom stereocenters. The number of ether oxygens (including phenoxy) is 1. The molecule has 1 aliphatic carbocycles. The Hall–Kier alpha value is -3.55. The Bertz CT molecular complexity index is 1300. The molecule has 3 aromatic rings. The summed E-state index contributed by atoms with van der Waals surface area (Å²) in [5, 5.41) is 26.7. The Balaban J connectivity index is 0.000000180. The second kappa shape index (κ2) is 12.1. The number of rotatable bonds is 5. The molecule has 2 aliphatic rings. The predicted molar refractivity (Wildman–Crippen MR) is 136 cm³/mol. The first-order valence-corrected chi connectivity index (χ1v) is 12.7. The smallest absolute Gasteiger partial charge is 0.409 e. The molecule has 1 aliphatic heterocycles. The first-order chi connectivity index (χ1) is 17.8. The fourth-order valence-corrected chi connectivity index (χ4v) is 4.84. The molecule has 13 heteroatoms. The van der Waals surface area contributed by atoms with Crippen LogP contribution in [0.2, 0.25) is 0 Å². The van der Waals surface area contributed by atoms with Crippen LogP contribution < -0.4 is 20.7 Å². The summed E-state index contributed by atoms with van der Waals surface area (Å²) >= 11 is 1.29. The van der Waals surface area contributed by atoms with Crippen molar-refractivity contribution in [1.82, 2.24) is 20.3 Å². The quantitative estimate of drug-likeness (QED) is 0.331. The lowest BCUT2D eigenvalue weighted by Crippen LogP contribution is -2.41. The Kier molecular flexibility index (Phi) is 8.69. The molecular weight excluding hydrogens is 503 g/mol. The molecule has 0 saturated heterocycles. The van der Waals surface area contributed by atoms with Crippen LogP contribution in [-0.4, -0.2) is 62.2 Å². The Morgan fingerprint density at radius 2 is 2.08 bits per heavy atom. The van der Waals surface area contributed by atoms with Gasteiger partial charge in [0.15, 0.2) is 0 Å². The number of nitrogens with zero attached hydrogens (tertiary/aromatic N) is 3. The lowest BCUT2D eigenvalue weighted by molar-refractivity contribution is -0.113. The number of fused-ring (bicyclic) bond motifs is 2. The van der Waals surface area contributed by atoms with Gasteiger partial charge >= 0.3 is 6.09 Å². The highest BCUT2D eigenvalue weighted by molar-refractivity contribution is 8.00. The van der Waals surface area contributed by atoms with Crippen LogP contribution >= 0.6 is 11.8 Å². The first-order valence-electron chi connectivity index (χ1n) is 11.7. The maximum atomic E-state index is 14.0. The number of hydrogen-bond donors (Lipinski definition) is 5. The number of carboxylic acid groups (broad SMARTS) is 1. The lowest BCUT2D eigenvalue weighted by atomic mass is 9.92. The van der Waals surface area contributed by atoms with E-state index in [2.05, 4.69) is 30.9 Å². The van der Waals surface area contributed by atoms with Crippen LogP contribution in [0.5, 0.6) is 5.88 Å². The molecule has 11 nitrogen and oxygen atoms in total. The zero-order valence-corrected chi connectivity index (χ0v) is 20.8. The average Bonchev–Trinajstić information content (AvgIpc) is 2.88. The van der Waals surface area contributed by atoms with Gasteiger partial charge in [-0.15, -0.1) is 11.8 Å². The number of carbonyl (C=O) groups is 2. The number of amides is 2. The number of hydrogen-bond acceptors (Lipinski definition) is 9. The molecule has 2 amide bonds. The Morgan fingerprint density at radius 3 is 2.84 bits per heavy atom. The van der Waals surface area contributed by atoms with Crippen molar-refractivity contribution in [3.8, 4) is 5.88 Å². The number of aliphatic hydroxyl groups excluding tert-OH is 1. The standard InChI is InChI=1S/C14H18FN3O2S.C10H9N3O3/c15-8-5-12-14(18-13(20)7-21-12)17-10(8)6-16-9-3-1-2-4-11(9)19;1-16-8-3-2-6-9(13-8)7(4-5-11-6)12-10(14)15/h5,9,11,16,19H,1-4,6-7H2,(H,17,18,20);2-5H,1H3,(H,11,12)(H,14,15)/t9-,11-;/m1./s1. The molecule has 5 rings (SSSR count). The van der Waals surface area contributed by atoms with Crippen molar-refractivity contribution >= 4 is 46.3 Å². The number of thioether (sulfide) groups is 1. The van der Waals surface area contributed by atoms with Gasteiger partial charge in [0.25, 0.3) is 0 Å². The van der Waals surface area contributed by atoms with Gasteiger partial charge in [-0.1, -0.05) is 12.8 Å². The number of aromatic nitrogens is 3. The minimum atomic E-state index is -1.14. The van der Waals surface area contributed by atoms with Gasteiger partial charge < -0.3 is 25.6 Å². The van der Waals surface area contributed by atoms with E-state index in [9.17, 15) is 19.1 Å². The van der Waals surface area contributed by atoms with Gasteiger partial charge in [-0.05, 0) is 31.0 Å². The van der Waals surface area contributed by atoms with Crippen molar-refractivity contribution in [2.75, 3.05) is 23.5 Å². The van der Waals surface area contributed by atoms with E-state index in [1.165, 1.54) is 31.1 Å². The SMILES string of the molecule is COc1ccc2nccc(NC(=O)O)c2n1.O=C1CSc2cc(F)c(CN[C@@H]3CCCC[C@H]3O)nc2N1. The van der Waals surface area contributed by atoms with E-state index >= 15 is 0 Å². The van der Waals surface area contributed by atoms with Gasteiger partial charge in [0, 0.05) is 24.8 Å². The summed E-state index contributed by atoms with van der Waals surface area (Å²) in [6.45, 7) is 0.251. The third kappa shape index (κ3) is 6.81. The molecule has 0 bridgehead atoms. The lowest BCUT2D eigenvalue weighted by Gasteiger charge is -2.28. The topological polar surface area (TPSA) is 159 Å². The van der Waals surface area contributed by atoms with E-state index in [1.54, 1.807) is 18.2 Å². The van der Waals surface area contributed by atoms with E-state index in [4.69, 9.17) is 9.84 Å². The summed E-state index contributed by atoms with van der Waals surface area (Å²) in [5.74, 6) is 0.635. The van der Waals surface area contributed by atoms with Crippen LogP contribution in [0.3, 0.4) is 0 Å². The molecule has 1 fully saturated rings. The van der Waals surface area contributed by atoms with Gasteiger partial charge in [-0.3, -0.25) is 15.1 Å². The van der Waals surface area contributed by atoms with Crippen LogP contribution in [0.25, 0.3) is 11.0 Å². The van der Waals surface area contributed by atoms with Gasteiger partial charge in [-0.25, -0.2) is 19.2 Å². The Morgan fingerprint density at radius 1 is 1.27 bits per heavy atom. The van der Waals surface area contributed by atoms with E-state index in [1.807, 2.05) is 0 Å². The van der Waals surface area contributed by atoms with Crippen molar-refractivity contribution in [2.45, 2.75) is 49.3 Å². The Labute approximate surface area is 216 Å². The maximum Gasteiger partial charge on any atom is 0.409 e. The number of anilines is 2. The van der Waals surface area contributed by atoms with E-state index in [0.29, 0.717) is 39.1 Å². The third-order valence-corrected chi connectivity index (χ3v) is 6.93. The predicted octanol–water partition coefficient (Wildman–Crippen LogP) is 3.39. The van der Waals surface area contributed by atoms with Crippen molar-refractivity contribution in [1.29, 1.82) is 0 Å². The summed E-state index contributed by atoms with van der Waals surface area (Å²) in [7, 11) is 1.49. The molecule has 0 spiro atoms. The molecule has 0 aromatic carbocycles. The number of halogens is 1. The molecule has 37 heavy (non-hydrogen) atoms. The van der Waals surface area contributed by atoms with Gasteiger partial charge in [0.2, 0.25) is 11.8 Å². The summed E-state index contributed by atoms with van der Waals surface area (Å²) in [6.07, 6.45) is 3.77. The van der Waals surface area contributed by atoms with E-state index < -0.39 is 6.09 Å². The van der Waals surface area contributed by atoms with Crippen molar-refractivity contribution in [2.24, 2.45) is 0 Å². The highest BCUT2D eigenvalue weighted by Crippen LogP contribution is 2.31. The van der Waals surface area contributed by atoms with Crippen molar-refractivity contribution in [3.05, 3.63) is 42.0 Å². The van der Waals surface area contributed by atoms with Crippen LogP contribution in [-0.2, 0) is 11.3 Å². The normalized spacial score (nSPS) is 18.7. The molecule has 3 aromatic heterocycles. The summed E-state index contributed by atoms with van der Waals surface area (Å²) in [6, 6.07) is 6.33. The zero-order valence-electron chi connectivity index (χ0n) is 20.0. The second-order valence-electron chi connectivity index (χ2n) is 8.45. The zero-order chi connectivity index (χ0) is 26.4. The molecule has 1 saturated carbocycles. The van der Waals surface area contributed by atoms with Crippen LogP contribution in [0.15, 0.2) is 35.4 Å². The van der Waals surface area contributed by atoms with Crippen LogP contribution in [0.4, 0.5) is 20.7 Å². The van der Waals surface area contributed by atoms with E-state index in [-0.39, 0.29) is 36.1 Å². The third-order valence-electron chi connectivity index (χ3n) is 5.90. The van der Waals surface area contributed by atoms with E-state index in [0.717, 1.165) is 25.7 Å². The summed E-state index contributed by atoms with van der Waals surface area (Å²) in [5.41, 5.74) is 1.72. The maximum absolute atomic E-state index is 14.0. The molecule has 196 valence electrons. The minimum Gasteiger partial charge on any atom is -0.481 e. The fourth-order valence-electron chi connectivity index (χ4n) is 4.06. The van der Waals surface area contributed by atoms with Crippen molar-refractivity contribution in [3.63, 3.8) is 0 Å². The molecule has 0 radical (unpaired) electrons. The number of carbonyl (C=O) groups excluding carboxylic acids is 1. The number of pyridine rings is 3. The number of nitrogens with one attached hydrogen (secondary N) is 3. The number of aliphatic hydroxyl groups is 1. The first kappa shape index (κ1) is 26.5. The van der Waals surface area contributed by atoms with Gasteiger partial charge in [-0.2, -0.15) is 0 Å². The second-order valence-corrected chi connectivity index (χ2v) is 9.47. The molecule has 4 heterocycles. The summed E-state index contributed by atoms with van der Waals surface area (Å²) < 4.78 is 19.0. The van der Waals surface area contributed by atoms with Crippen LogP contribution in [0, 0.1) is 5.82 Å². The summed E-state index contributed by atoms with van der Waals surface area (Å²) in [4.78, 5) is 35.0. The minimum absolute atomic E-state index is 0.0139. The number of methoxy groups -OCH3 is 1. The monoisotopic (exact) mass is 530 g/mol. The van der Waals surface area contributed by atoms with Crippen molar-refractivity contribution < 1.29 is 28.9 Å². The molecule has 5 N–H and O–H groups in total. The molecule has 0 unspecified atom stereocenters. The van der Waals surface area contributed by atoms with Gasteiger partial charge in [0.05, 0.1) is 40.8 Å². The highest BCUT2D eigenvalue weighted by atomic mass is 32.2. The van der Waals surface area contributed by atoms with Crippen LogP contribution in [0.1, 0.15) is 31.4 Å². The fraction of sp³-hybridized carbons (Fsp3) is 0.375. The largest absolute Gasteiger partial charge is 0.481 e. The van der Waals surface area contributed by atoms with Gasteiger partial charge in [0.1, 0.15) is 17.2 Å². The molecular formula is C24H27FN6O5S. The highest BCUT2D eigenvalue weighted by Gasteiger charge is 2.24.